The quantitative estimate of drug-likeness (QED) is 0.357. The standard InChI is InChI=1S/C28H37N3O2S.C2HF3O2/c1-32-24-11-10-22(16-25(24)33-2)28-13-12-23(30-27(34)29-18-20-8-9-20)17-26(28)31(15-14-28)19-21-6-4-3-5-7-21;3-2(4,5)1(6)7/h3-7,10-11,16,20,23,26H,8-9,12-15,17-19H2,1-2H3,(H2,29,30,34);(H,6,7)/t23-,26+,28+;/m1./s1. The molecule has 11 heteroatoms. The molecule has 0 spiro atoms. The number of carboxylic acid groups (broad SMARTS) is 1. The van der Waals surface area contributed by atoms with Crippen LogP contribution in [0.2, 0.25) is 0 Å². The molecule has 2 aromatic rings. The van der Waals surface area contributed by atoms with Crippen LogP contribution in [0.5, 0.6) is 11.5 Å². The molecular weight excluding hydrogens is 555 g/mol. The average Bonchev–Trinajstić information content (AvgIpc) is 3.73. The highest BCUT2D eigenvalue weighted by Gasteiger charge is 2.51. The van der Waals surface area contributed by atoms with Gasteiger partial charge in [0, 0.05) is 30.6 Å². The molecule has 1 heterocycles. The summed E-state index contributed by atoms with van der Waals surface area (Å²) in [6, 6.07) is 18.3. The largest absolute Gasteiger partial charge is 0.493 e. The number of alkyl halides is 3. The van der Waals surface area contributed by atoms with Crippen molar-refractivity contribution in [3.8, 4) is 11.5 Å². The van der Waals surface area contributed by atoms with Crippen molar-refractivity contribution in [3.63, 3.8) is 0 Å². The van der Waals surface area contributed by atoms with Gasteiger partial charge in [-0.25, -0.2) is 4.79 Å². The number of nitrogens with zero attached hydrogens (tertiary/aromatic N) is 1. The number of carboxylic acids is 1. The highest BCUT2D eigenvalue weighted by Crippen LogP contribution is 2.50. The fraction of sp³-hybridized carbons (Fsp3) is 0.533. The van der Waals surface area contributed by atoms with Gasteiger partial charge in [0.25, 0.3) is 0 Å². The van der Waals surface area contributed by atoms with Crippen molar-refractivity contribution < 1.29 is 32.5 Å². The third kappa shape index (κ3) is 7.82. The molecule has 1 saturated heterocycles. The maximum atomic E-state index is 10.6. The molecule has 3 N–H and O–H groups in total. The van der Waals surface area contributed by atoms with Crippen LogP contribution in [-0.4, -0.2) is 66.7 Å². The minimum atomic E-state index is -5.08. The van der Waals surface area contributed by atoms with Gasteiger partial charge >= 0.3 is 12.1 Å². The first-order valence-corrected chi connectivity index (χ1v) is 14.3. The Hall–Kier alpha value is -3.05. The van der Waals surface area contributed by atoms with Gasteiger partial charge in [-0.1, -0.05) is 36.4 Å². The van der Waals surface area contributed by atoms with Gasteiger partial charge in [-0.15, -0.1) is 0 Å². The maximum Gasteiger partial charge on any atom is 0.490 e. The molecule has 0 radical (unpaired) electrons. The first-order chi connectivity index (χ1) is 19.6. The summed E-state index contributed by atoms with van der Waals surface area (Å²) in [5.74, 6) is -0.325. The first kappa shape index (κ1) is 30.9. The zero-order valence-electron chi connectivity index (χ0n) is 23.4. The molecule has 0 amide bonds. The second-order valence-corrected chi connectivity index (χ2v) is 11.4. The molecule has 0 unspecified atom stereocenters. The van der Waals surface area contributed by atoms with Gasteiger partial charge in [-0.05, 0) is 86.5 Å². The van der Waals surface area contributed by atoms with Crippen molar-refractivity contribution in [2.75, 3.05) is 27.3 Å². The minimum Gasteiger partial charge on any atom is -0.493 e. The molecule has 3 fully saturated rings. The summed E-state index contributed by atoms with van der Waals surface area (Å²) in [6.07, 6.45) is 2.10. The number of thiocarbonyl (C=S) groups is 1. The predicted octanol–water partition coefficient (Wildman–Crippen LogP) is 5.28. The van der Waals surface area contributed by atoms with E-state index in [9.17, 15) is 13.2 Å². The van der Waals surface area contributed by atoms with E-state index in [-0.39, 0.29) is 5.41 Å². The number of hydrogen-bond donors (Lipinski definition) is 3. The van der Waals surface area contributed by atoms with E-state index in [0.29, 0.717) is 12.1 Å². The molecule has 2 aliphatic carbocycles. The van der Waals surface area contributed by atoms with E-state index in [1.165, 1.54) is 24.0 Å². The van der Waals surface area contributed by atoms with Gasteiger partial charge in [-0.2, -0.15) is 13.2 Å². The van der Waals surface area contributed by atoms with Gasteiger partial charge in [0.15, 0.2) is 16.6 Å². The van der Waals surface area contributed by atoms with Gasteiger partial charge in [-0.3, -0.25) is 4.90 Å². The molecule has 224 valence electrons. The Morgan fingerprint density at radius 3 is 2.37 bits per heavy atom. The Bertz CT molecular complexity index is 1200. The summed E-state index contributed by atoms with van der Waals surface area (Å²) in [5, 5.41) is 15.1. The number of aliphatic carboxylic acids is 1. The van der Waals surface area contributed by atoms with Crippen molar-refractivity contribution in [3.05, 3.63) is 59.7 Å². The number of halogens is 3. The van der Waals surface area contributed by atoms with Crippen molar-refractivity contribution in [2.24, 2.45) is 5.92 Å². The van der Waals surface area contributed by atoms with Crippen LogP contribution < -0.4 is 20.1 Å². The van der Waals surface area contributed by atoms with Gasteiger partial charge < -0.3 is 25.2 Å². The summed E-state index contributed by atoms with van der Waals surface area (Å²) in [5.41, 5.74) is 2.87. The second kappa shape index (κ2) is 13.3. The number of methoxy groups -OCH3 is 2. The van der Waals surface area contributed by atoms with E-state index in [1.807, 2.05) is 0 Å². The Labute approximate surface area is 244 Å². The normalized spacial score (nSPS) is 23.9. The summed E-state index contributed by atoms with van der Waals surface area (Å²) < 4.78 is 42.9. The zero-order chi connectivity index (χ0) is 29.6. The summed E-state index contributed by atoms with van der Waals surface area (Å²) >= 11 is 5.65. The van der Waals surface area contributed by atoms with Gasteiger partial charge in [0.1, 0.15) is 0 Å². The zero-order valence-corrected chi connectivity index (χ0v) is 24.2. The number of ether oxygens (including phenoxy) is 2. The fourth-order valence-corrected chi connectivity index (χ4v) is 6.31. The molecular formula is C30H38F3N3O4S. The van der Waals surface area contributed by atoms with Crippen LogP contribution in [0.25, 0.3) is 0 Å². The smallest absolute Gasteiger partial charge is 0.490 e. The van der Waals surface area contributed by atoms with E-state index in [2.05, 4.69) is 64.1 Å². The summed E-state index contributed by atoms with van der Waals surface area (Å²) in [6.45, 7) is 3.10. The lowest BCUT2D eigenvalue weighted by Gasteiger charge is -2.46. The number of benzene rings is 2. The van der Waals surface area contributed by atoms with Gasteiger partial charge in [0.05, 0.1) is 14.2 Å². The molecule has 2 aromatic carbocycles. The second-order valence-electron chi connectivity index (χ2n) is 11.0. The number of fused-ring (bicyclic) bond motifs is 1. The molecule has 3 aliphatic rings. The van der Waals surface area contributed by atoms with Crippen molar-refractivity contribution in [1.29, 1.82) is 0 Å². The predicted molar refractivity (Wildman–Crippen MR) is 154 cm³/mol. The van der Waals surface area contributed by atoms with Crippen LogP contribution in [0.15, 0.2) is 48.5 Å². The lowest BCUT2D eigenvalue weighted by atomic mass is 9.65. The van der Waals surface area contributed by atoms with Crippen molar-refractivity contribution in [1.82, 2.24) is 15.5 Å². The number of rotatable bonds is 8. The third-order valence-electron chi connectivity index (χ3n) is 8.38. The van der Waals surface area contributed by atoms with E-state index < -0.39 is 12.1 Å². The summed E-state index contributed by atoms with van der Waals surface area (Å²) in [7, 11) is 3.43. The minimum absolute atomic E-state index is 0.121. The lowest BCUT2D eigenvalue weighted by Crippen LogP contribution is -2.53. The molecule has 0 bridgehead atoms. The number of hydrogen-bond acceptors (Lipinski definition) is 5. The van der Waals surface area contributed by atoms with Gasteiger partial charge in [0.2, 0.25) is 0 Å². The van der Waals surface area contributed by atoms with E-state index in [0.717, 1.165) is 67.8 Å². The number of likely N-dealkylation sites (tertiary alicyclic amines) is 1. The monoisotopic (exact) mass is 593 g/mol. The first-order valence-electron chi connectivity index (χ1n) is 13.9. The summed E-state index contributed by atoms with van der Waals surface area (Å²) in [4.78, 5) is 11.6. The molecule has 7 nitrogen and oxygen atoms in total. The van der Waals surface area contributed by atoms with Crippen molar-refractivity contribution in [2.45, 2.75) is 68.7 Å². The SMILES string of the molecule is COc1ccc([C@@]23CC[C@@H](NC(=S)NCC4CC4)C[C@@H]2N(Cc2ccccc2)CC3)cc1OC.O=C(O)C(F)(F)F. The number of nitrogens with one attached hydrogen (secondary N) is 2. The third-order valence-corrected chi connectivity index (χ3v) is 8.65. The highest BCUT2D eigenvalue weighted by atomic mass is 32.1. The molecule has 41 heavy (non-hydrogen) atoms. The topological polar surface area (TPSA) is 83.1 Å². The molecule has 1 aliphatic heterocycles. The van der Waals surface area contributed by atoms with Crippen LogP contribution in [0.1, 0.15) is 49.7 Å². The van der Waals surface area contributed by atoms with Crippen LogP contribution in [0, 0.1) is 5.92 Å². The number of carbonyl (C=O) groups is 1. The van der Waals surface area contributed by atoms with Crippen molar-refractivity contribution >= 4 is 23.3 Å². The molecule has 0 aromatic heterocycles. The Balaban J connectivity index is 0.000000493. The molecule has 3 atom stereocenters. The van der Waals surface area contributed by atoms with E-state index >= 15 is 0 Å². The molecule has 2 saturated carbocycles. The van der Waals surface area contributed by atoms with Crippen LogP contribution in [-0.2, 0) is 16.8 Å². The van der Waals surface area contributed by atoms with E-state index in [1.54, 1.807) is 14.2 Å². The maximum absolute atomic E-state index is 10.6. The Kier molecular flexibility index (Phi) is 10.0. The molecule has 5 rings (SSSR count). The van der Waals surface area contributed by atoms with Crippen LogP contribution in [0.3, 0.4) is 0 Å². The highest BCUT2D eigenvalue weighted by molar-refractivity contribution is 7.80. The average molecular weight is 594 g/mol. The Morgan fingerprint density at radius 1 is 1.07 bits per heavy atom. The van der Waals surface area contributed by atoms with E-state index in [4.69, 9.17) is 31.6 Å². The van der Waals surface area contributed by atoms with Crippen LogP contribution >= 0.6 is 12.2 Å². The lowest BCUT2D eigenvalue weighted by molar-refractivity contribution is -0.192. The fourth-order valence-electron chi connectivity index (χ4n) is 6.06. The van der Waals surface area contributed by atoms with Crippen LogP contribution in [0.4, 0.5) is 13.2 Å². The Morgan fingerprint density at radius 2 is 1.76 bits per heavy atom.